The number of phenolic OH excluding ortho intramolecular Hbond substituents is 1. The van der Waals surface area contributed by atoms with Gasteiger partial charge in [0.15, 0.2) is 0 Å². The van der Waals surface area contributed by atoms with Gasteiger partial charge in [-0.25, -0.2) is 9.37 Å². The molecule has 0 saturated heterocycles. The van der Waals surface area contributed by atoms with Gasteiger partial charge in [-0.05, 0) is 93.9 Å². The summed E-state index contributed by atoms with van der Waals surface area (Å²) in [4.78, 5) is 9.81. The van der Waals surface area contributed by atoms with E-state index in [0.29, 0.717) is 5.56 Å². The van der Waals surface area contributed by atoms with Gasteiger partial charge >= 0.3 is 0 Å². The molecule has 6 aromatic rings. The van der Waals surface area contributed by atoms with Crippen LogP contribution < -0.4 is 0 Å². The van der Waals surface area contributed by atoms with Crippen LogP contribution in [0.2, 0.25) is 0 Å². The first-order valence-electron chi connectivity index (χ1n) is 11.9. The van der Waals surface area contributed by atoms with Crippen molar-refractivity contribution in [3.8, 4) is 38.6 Å². The number of aromatic nitrogens is 1. The third-order valence-corrected chi connectivity index (χ3v) is 7.93. The predicted octanol–water partition coefficient (Wildman–Crippen LogP) is 9.50. The smallest absolute Gasteiger partial charge is 0.126 e. The largest absolute Gasteiger partial charge is 0.507 e. The molecular formula is C32H20FIN2OS. The van der Waals surface area contributed by atoms with Crippen LogP contribution in [0.15, 0.2) is 114 Å². The van der Waals surface area contributed by atoms with Crippen molar-refractivity contribution < 1.29 is 9.50 Å². The lowest BCUT2D eigenvalue weighted by atomic mass is 9.98. The molecule has 0 atom stereocenters. The molecule has 0 saturated carbocycles. The molecule has 1 aromatic heterocycles. The zero-order valence-electron chi connectivity index (χ0n) is 20.0. The van der Waals surface area contributed by atoms with Crippen LogP contribution in [-0.4, -0.2) is 16.3 Å². The summed E-state index contributed by atoms with van der Waals surface area (Å²) >= 11 is 3.82. The van der Waals surface area contributed by atoms with Gasteiger partial charge in [-0.2, -0.15) is 0 Å². The monoisotopic (exact) mass is 626 g/mol. The molecule has 1 heterocycles. The fraction of sp³-hybridized carbons (Fsp3) is 0. The first-order valence-corrected chi connectivity index (χ1v) is 13.8. The van der Waals surface area contributed by atoms with Crippen molar-refractivity contribution in [1.29, 1.82) is 0 Å². The average molecular weight is 626 g/mol. The molecule has 0 bridgehead atoms. The normalized spacial score (nSPS) is 11.4. The predicted molar refractivity (Wildman–Crippen MR) is 164 cm³/mol. The molecular weight excluding hydrogens is 606 g/mol. The van der Waals surface area contributed by atoms with E-state index in [0.717, 1.165) is 52.3 Å². The second-order valence-electron chi connectivity index (χ2n) is 8.74. The summed E-state index contributed by atoms with van der Waals surface area (Å²) in [6.45, 7) is 0. The number of aromatic hydroxyl groups is 1. The van der Waals surface area contributed by atoms with Crippen molar-refractivity contribution >= 4 is 56.0 Å². The second kappa shape index (κ2) is 10.5. The minimum absolute atomic E-state index is 0.187. The number of halogens is 2. The van der Waals surface area contributed by atoms with Gasteiger partial charge in [0.2, 0.25) is 0 Å². The molecule has 0 amide bonds. The Hall–Kier alpha value is -3.88. The summed E-state index contributed by atoms with van der Waals surface area (Å²) in [6.07, 6.45) is 1.69. The fourth-order valence-corrected chi connectivity index (χ4v) is 5.91. The molecule has 5 aromatic carbocycles. The number of phenols is 1. The lowest BCUT2D eigenvalue weighted by Crippen LogP contribution is -1.86. The van der Waals surface area contributed by atoms with E-state index < -0.39 is 0 Å². The summed E-state index contributed by atoms with van der Waals surface area (Å²) in [5, 5.41) is 11.1. The first kappa shape index (κ1) is 24.5. The van der Waals surface area contributed by atoms with Crippen LogP contribution in [-0.2, 0) is 0 Å². The molecule has 6 heteroatoms. The van der Waals surface area contributed by atoms with Crippen molar-refractivity contribution in [1.82, 2.24) is 4.98 Å². The molecule has 38 heavy (non-hydrogen) atoms. The van der Waals surface area contributed by atoms with Gasteiger partial charge in [0.25, 0.3) is 0 Å². The number of thiazole rings is 1. The molecule has 0 aliphatic carbocycles. The first-order chi connectivity index (χ1) is 18.5. The minimum atomic E-state index is -0.256. The van der Waals surface area contributed by atoms with Gasteiger partial charge in [0, 0.05) is 26.5 Å². The minimum Gasteiger partial charge on any atom is -0.507 e. The summed E-state index contributed by atoms with van der Waals surface area (Å²) in [5.74, 6) is -0.0682. The van der Waals surface area contributed by atoms with E-state index in [1.165, 1.54) is 12.1 Å². The number of hydrogen-bond donors (Lipinski definition) is 1. The van der Waals surface area contributed by atoms with Crippen LogP contribution in [0.1, 0.15) is 5.56 Å². The highest BCUT2D eigenvalue weighted by atomic mass is 127. The van der Waals surface area contributed by atoms with Crippen LogP contribution in [0.25, 0.3) is 43.0 Å². The van der Waals surface area contributed by atoms with Gasteiger partial charge in [0.1, 0.15) is 16.6 Å². The molecule has 184 valence electrons. The maximum Gasteiger partial charge on any atom is 0.126 e. The lowest BCUT2D eigenvalue weighted by Gasteiger charge is -2.08. The fourth-order valence-electron chi connectivity index (χ4n) is 4.33. The summed E-state index contributed by atoms with van der Waals surface area (Å²) in [6, 6.07) is 34.3. The second-order valence-corrected chi connectivity index (χ2v) is 11.0. The number of nitrogens with zero attached hydrogens (tertiary/aromatic N) is 2. The van der Waals surface area contributed by atoms with Gasteiger partial charge in [-0.15, -0.1) is 11.3 Å². The molecule has 0 radical (unpaired) electrons. The molecule has 0 fully saturated rings. The molecule has 0 spiro atoms. The maximum atomic E-state index is 13.6. The zero-order chi connectivity index (χ0) is 26.1. The highest BCUT2D eigenvalue weighted by molar-refractivity contribution is 14.1. The van der Waals surface area contributed by atoms with Crippen LogP contribution >= 0.6 is 33.9 Å². The van der Waals surface area contributed by atoms with Crippen molar-refractivity contribution in [3.63, 3.8) is 0 Å². The summed E-state index contributed by atoms with van der Waals surface area (Å²) < 4.78 is 15.7. The van der Waals surface area contributed by atoms with Crippen LogP contribution in [0, 0.1) is 9.39 Å². The van der Waals surface area contributed by atoms with E-state index in [2.05, 4.69) is 46.9 Å². The quantitative estimate of drug-likeness (QED) is 0.153. The molecule has 1 N–H and O–H groups in total. The van der Waals surface area contributed by atoms with Crippen molar-refractivity contribution in [2.75, 3.05) is 0 Å². The Morgan fingerprint density at radius 3 is 2.34 bits per heavy atom. The topological polar surface area (TPSA) is 45.5 Å². The van der Waals surface area contributed by atoms with Gasteiger partial charge < -0.3 is 5.11 Å². The Kier molecular flexibility index (Phi) is 6.74. The Morgan fingerprint density at radius 2 is 1.53 bits per heavy atom. The van der Waals surface area contributed by atoms with E-state index in [9.17, 15) is 9.50 Å². The van der Waals surface area contributed by atoms with Gasteiger partial charge in [-0.3, -0.25) is 4.99 Å². The molecule has 0 aliphatic heterocycles. The Morgan fingerprint density at radius 1 is 0.763 bits per heavy atom. The molecule has 3 nitrogen and oxygen atoms in total. The van der Waals surface area contributed by atoms with Gasteiger partial charge in [0.05, 0.1) is 15.9 Å². The van der Waals surface area contributed by atoms with Crippen molar-refractivity contribution in [2.24, 2.45) is 4.99 Å². The average Bonchev–Trinajstić information content (AvgIpc) is 3.38. The maximum absolute atomic E-state index is 13.6. The number of fused-ring (bicyclic) bond motifs is 1. The van der Waals surface area contributed by atoms with E-state index in [4.69, 9.17) is 9.98 Å². The van der Waals surface area contributed by atoms with E-state index in [-0.39, 0.29) is 11.6 Å². The number of hydrogen-bond acceptors (Lipinski definition) is 4. The van der Waals surface area contributed by atoms with E-state index in [1.807, 2.05) is 54.6 Å². The summed E-state index contributed by atoms with van der Waals surface area (Å²) in [5.41, 5.74) is 7.30. The third kappa shape index (κ3) is 4.97. The number of aliphatic imine (C=N–C) groups is 1. The molecule has 0 aliphatic rings. The van der Waals surface area contributed by atoms with Crippen LogP contribution in [0.4, 0.5) is 10.1 Å². The standard InChI is InChI=1S/C32H20FIN2OS/c33-24-12-10-20(11-13-24)22-17-27(21-6-2-1-3-7-21)31-30(18-22)38-32(36-31)26-8-4-5-9-28(26)35-19-23-16-25(34)14-15-29(23)37/h1-19,37H/b35-19+. The summed E-state index contributed by atoms with van der Waals surface area (Å²) in [7, 11) is 0. The number of para-hydroxylation sites is 1. The zero-order valence-corrected chi connectivity index (χ0v) is 22.9. The van der Waals surface area contributed by atoms with E-state index in [1.54, 1.807) is 35.8 Å². The Bertz CT molecular complexity index is 1800. The number of rotatable bonds is 5. The van der Waals surface area contributed by atoms with Crippen LogP contribution in [0.3, 0.4) is 0 Å². The van der Waals surface area contributed by atoms with Crippen LogP contribution in [0.5, 0.6) is 5.75 Å². The number of benzene rings is 5. The highest BCUT2D eigenvalue weighted by Gasteiger charge is 2.16. The van der Waals surface area contributed by atoms with E-state index >= 15 is 0 Å². The third-order valence-electron chi connectivity index (χ3n) is 6.22. The Labute approximate surface area is 237 Å². The van der Waals surface area contributed by atoms with Gasteiger partial charge in [-0.1, -0.05) is 54.6 Å². The lowest BCUT2D eigenvalue weighted by molar-refractivity contribution is 0.474. The van der Waals surface area contributed by atoms with Crippen molar-refractivity contribution in [2.45, 2.75) is 0 Å². The van der Waals surface area contributed by atoms with Crippen molar-refractivity contribution in [3.05, 3.63) is 124 Å². The SMILES string of the molecule is Oc1ccc(I)cc1/C=N/c1ccccc1-c1nc2c(-c3ccccc3)cc(-c3ccc(F)cc3)cc2s1. The molecule has 0 unspecified atom stereocenters. The highest BCUT2D eigenvalue weighted by Crippen LogP contribution is 2.41. The Balaban J connectivity index is 1.49. The molecule has 6 rings (SSSR count).